The van der Waals surface area contributed by atoms with Gasteiger partial charge in [-0.2, -0.15) is 0 Å². The summed E-state index contributed by atoms with van der Waals surface area (Å²) in [5.41, 5.74) is 11.4. The number of fused-ring (bicyclic) bond motifs is 3. The maximum atomic E-state index is 7.94. The Kier molecular flexibility index (Phi) is 3.96. The van der Waals surface area contributed by atoms with Gasteiger partial charge in [0, 0.05) is 25.7 Å². The van der Waals surface area contributed by atoms with Gasteiger partial charge in [-0.25, -0.2) is 0 Å². The molecule has 28 heavy (non-hydrogen) atoms. The summed E-state index contributed by atoms with van der Waals surface area (Å²) in [5.74, 6) is 0.114. The topological polar surface area (TPSA) is 49.9 Å². The van der Waals surface area contributed by atoms with Crippen molar-refractivity contribution in [2.45, 2.75) is 0 Å². The number of hydrogen-bond acceptors (Lipinski definition) is 2. The predicted octanol–water partition coefficient (Wildman–Crippen LogP) is 6.67. The van der Waals surface area contributed by atoms with E-state index >= 15 is 0 Å². The van der Waals surface area contributed by atoms with Gasteiger partial charge >= 0.3 is 0 Å². The first-order valence-electron chi connectivity index (χ1n) is 9.16. The van der Waals surface area contributed by atoms with E-state index in [-0.39, 0.29) is 5.84 Å². The van der Waals surface area contributed by atoms with Crippen LogP contribution in [-0.4, -0.2) is 5.84 Å². The van der Waals surface area contributed by atoms with Crippen LogP contribution in [0.5, 0.6) is 0 Å². The normalized spacial score (nSPS) is 11.1. The van der Waals surface area contributed by atoms with Crippen molar-refractivity contribution >= 4 is 37.3 Å². The Bertz CT molecular complexity index is 1320. The molecular weight excluding hydrogens is 360 g/mol. The van der Waals surface area contributed by atoms with Crippen LogP contribution in [-0.2, 0) is 0 Å². The molecule has 2 nitrogen and oxygen atoms in total. The largest absolute Gasteiger partial charge is 0.384 e. The lowest BCUT2D eigenvalue weighted by molar-refractivity contribution is 1.44. The molecule has 5 aromatic rings. The number of nitrogen functional groups attached to an aromatic ring is 1. The van der Waals surface area contributed by atoms with Gasteiger partial charge in [0.1, 0.15) is 5.84 Å². The molecule has 4 aromatic carbocycles. The Hall–Kier alpha value is -3.43. The Morgan fingerprint density at radius 2 is 1.29 bits per heavy atom. The maximum absolute atomic E-state index is 7.94. The standard InChI is InChI=1S/C25H18N2S/c26-25(27)20-7-4-8-23-24(20)21-15-19(13-14-22(21)28-23)18-11-9-17(10-12-18)16-5-2-1-3-6-16/h1-15H,(H3,26,27). The van der Waals surface area contributed by atoms with Crippen LogP contribution in [0, 0.1) is 5.41 Å². The number of benzene rings is 4. The number of hydrogen-bond donors (Lipinski definition) is 2. The summed E-state index contributed by atoms with van der Waals surface area (Å²) in [6, 6.07) is 31.6. The second-order valence-corrected chi connectivity index (χ2v) is 7.93. The predicted molar refractivity (Wildman–Crippen MR) is 121 cm³/mol. The molecule has 134 valence electrons. The molecule has 0 atom stereocenters. The van der Waals surface area contributed by atoms with Gasteiger partial charge < -0.3 is 5.73 Å². The van der Waals surface area contributed by atoms with Crippen molar-refractivity contribution in [1.29, 1.82) is 5.41 Å². The van der Waals surface area contributed by atoms with Gasteiger partial charge in [0.15, 0.2) is 0 Å². The smallest absolute Gasteiger partial charge is 0.123 e. The van der Waals surface area contributed by atoms with E-state index in [4.69, 9.17) is 11.1 Å². The average Bonchev–Trinajstić information content (AvgIpc) is 3.12. The number of nitrogens with one attached hydrogen (secondary N) is 1. The number of nitrogens with two attached hydrogens (primary N) is 1. The summed E-state index contributed by atoms with van der Waals surface area (Å²) >= 11 is 1.74. The van der Waals surface area contributed by atoms with Crippen LogP contribution < -0.4 is 5.73 Å². The molecule has 3 N–H and O–H groups in total. The molecule has 1 heterocycles. The van der Waals surface area contributed by atoms with E-state index in [9.17, 15) is 0 Å². The average molecular weight is 379 g/mol. The number of rotatable bonds is 3. The van der Waals surface area contributed by atoms with Crippen molar-refractivity contribution in [1.82, 2.24) is 0 Å². The monoisotopic (exact) mass is 378 g/mol. The fourth-order valence-electron chi connectivity index (χ4n) is 3.72. The minimum absolute atomic E-state index is 0.114. The zero-order valence-corrected chi connectivity index (χ0v) is 16.0. The molecule has 0 saturated heterocycles. The molecule has 0 aliphatic heterocycles. The summed E-state index contributed by atoms with van der Waals surface area (Å²) in [5, 5.41) is 10.2. The third-order valence-electron chi connectivity index (χ3n) is 5.11. The number of amidine groups is 1. The van der Waals surface area contributed by atoms with E-state index in [0.717, 1.165) is 16.3 Å². The molecule has 0 bridgehead atoms. The van der Waals surface area contributed by atoms with Crippen LogP contribution in [0.2, 0.25) is 0 Å². The maximum Gasteiger partial charge on any atom is 0.123 e. The second kappa shape index (κ2) is 6.63. The van der Waals surface area contributed by atoms with E-state index in [1.165, 1.54) is 31.7 Å². The molecule has 0 fully saturated rings. The lowest BCUT2D eigenvalue weighted by Gasteiger charge is -2.06. The van der Waals surface area contributed by atoms with Crippen molar-refractivity contribution < 1.29 is 0 Å². The molecule has 1 aromatic heterocycles. The van der Waals surface area contributed by atoms with Gasteiger partial charge in [-0.15, -0.1) is 11.3 Å². The van der Waals surface area contributed by atoms with Crippen LogP contribution in [0.4, 0.5) is 0 Å². The quantitative estimate of drug-likeness (QED) is 0.267. The van der Waals surface area contributed by atoms with Gasteiger partial charge in [0.05, 0.1) is 0 Å². The van der Waals surface area contributed by atoms with E-state index < -0.39 is 0 Å². The third kappa shape index (κ3) is 2.77. The Morgan fingerprint density at radius 3 is 2.00 bits per heavy atom. The molecule has 0 amide bonds. The Labute approximate surface area is 167 Å². The van der Waals surface area contributed by atoms with Crippen LogP contribution >= 0.6 is 11.3 Å². The first kappa shape index (κ1) is 16.7. The first-order valence-corrected chi connectivity index (χ1v) is 9.98. The highest BCUT2D eigenvalue weighted by Gasteiger charge is 2.12. The lowest BCUT2D eigenvalue weighted by atomic mass is 9.98. The second-order valence-electron chi connectivity index (χ2n) is 6.85. The van der Waals surface area contributed by atoms with Crippen molar-refractivity contribution in [2.24, 2.45) is 5.73 Å². The molecule has 0 spiro atoms. The fourth-order valence-corrected chi connectivity index (χ4v) is 4.83. The highest BCUT2D eigenvalue weighted by atomic mass is 32.1. The van der Waals surface area contributed by atoms with E-state index in [1.807, 2.05) is 18.2 Å². The van der Waals surface area contributed by atoms with E-state index in [0.29, 0.717) is 0 Å². The minimum Gasteiger partial charge on any atom is -0.384 e. The highest BCUT2D eigenvalue weighted by Crippen LogP contribution is 2.38. The third-order valence-corrected chi connectivity index (χ3v) is 6.25. The molecule has 0 radical (unpaired) electrons. The fraction of sp³-hybridized carbons (Fsp3) is 0. The first-order chi connectivity index (χ1) is 13.7. The molecular formula is C25H18N2S. The van der Waals surface area contributed by atoms with Crippen molar-refractivity contribution in [2.75, 3.05) is 0 Å². The van der Waals surface area contributed by atoms with Crippen LogP contribution in [0.25, 0.3) is 42.4 Å². The van der Waals surface area contributed by atoms with Crippen LogP contribution in [0.15, 0.2) is 91.0 Å². The summed E-state index contributed by atoms with van der Waals surface area (Å²) in [6.07, 6.45) is 0. The lowest BCUT2D eigenvalue weighted by Crippen LogP contribution is -2.10. The van der Waals surface area contributed by atoms with Gasteiger partial charge in [-0.3, -0.25) is 5.41 Å². The molecule has 0 saturated carbocycles. The number of thiophene rings is 1. The zero-order valence-electron chi connectivity index (χ0n) is 15.1. The molecule has 0 aliphatic carbocycles. The SMILES string of the molecule is N=C(N)c1cccc2sc3ccc(-c4ccc(-c5ccccc5)cc4)cc3c12. The zero-order chi connectivity index (χ0) is 19.1. The summed E-state index contributed by atoms with van der Waals surface area (Å²) < 4.78 is 2.38. The summed E-state index contributed by atoms with van der Waals surface area (Å²) in [7, 11) is 0. The van der Waals surface area contributed by atoms with Gasteiger partial charge in [-0.1, -0.05) is 72.8 Å². The molecule has 3 heteroatoms. The molecule has 0 unspecified atom stereocenters. The molecule has 5 rings (SSSR count). The summed E-state index contributed by atoms with van der Waals surface area (Å²) in [6.45, 7) is 0. The minimum atomic E-state index is 0.114. The molecule has 0 aliphatic rings. The van der Waals surface area contributed by atoms with Crippen molar-refractivity contribution in [3.8, 4) is 22.3 Å². The van der Waals surface area contributed by atoms with Gasteiger partial charge in [0.2, 0.25) is 0 Å². The van der Waals surface area contributed by atoms with Crippen molar-refractivity contribution in [3.05, 3.63) is 96.6 Å². The summed E-state index contributed by atoms with van der Waals surface area (Å²) in [4.78, 5) is 0. The highest BCUT2D eigenvalue weighted by molar-refractivity contribution is 7.25. The van der Waals surface area contributed by atoms with Gasteiger partial charge in [0.25, 0.3) is 0 Å². The van der Waals surface area contributed by atoms with Crippen LogP contribution in [0.1, 0.15) is 5.56 Å². The van der Waals surface area contributed by atoms with Gasteiger partial charge in [-0.05, 0) is 40.5 Å². The Balaban J connectivity index is 1.63. The van der Waals surface area contributed by atoms with E-state index in [2.05, 4.69) is 72.8 Å². The van der Waals surface area contributed by atoms with Crippen LogP contribution in [0.3, 0.4) is 0 Å². The van der Waals surface area contributed by atoms with E-state index in [1.54, 1.807) is 11.3 Å². The van der Waals surface area contributed by atoms with Crippen molar-refractivity contribution in [3.63, 3.8) is 0 Å². The Morgan fingerprint density at radius 1 is 0.643 bits per heavy atom.